The summed E-state index contributed by atoms with van der Waals surface area (Å²) < 4.78 is 5.12. The Hall–Kier alpha value is -2.27. The largest absolute Gasteiger partial charge is 0.455 e. The van der Waals surface area contributed by atoms with Gasteiger partial charge in [0.05, 0.1) is 0 Å². The van der Waals surface area contributed by atoms with Crippen molar-refractivity contribution >= 4 is 23.6 Å². The van der Waals surface area contributed by atoms with Gasteiger partial charge in [-0.1, -0.05) is 42.0 Å². The van der Waals surface area contributed by atoms with Crippen LogP contribution in [0.1, 0.15) is 23.6 Å². The number of hydrogen-bond donors (Lipinski definition) is 1. The van der Waals surface area contributed by atoms with E-state index < -0.39 is 0 Å². The van der Waals surface area contributed by atoms with Gasteiger partial charge in [0.2, 0.25) is 0 Å². The molecule has 0 saturated carbocycles. The topological polar surface area (TPSA) is 55.4 Å². The van der Waals surface area contributed by atoms with Crippen molar-refractivity contribution in [1.29, 1.82) is 0 Å². The van der Waals surface area contributed by atoms with E-state index in [0.717, 1.165) is 11.3 Å². The number of amides is 1. The number of carbonyl (C=O) groups is 2. The Morgan fingerprint density at radius 3 is 2.46 bits per heavy atom. The Morgan fingerprint density at radius 1 is 1.08 bits per heavy atom. The van der Waals surface area contributed by atoms with Crippen molar-refractivity contribution in [2.45, 2.75) is 37.3 Å². The summed E-state index contributed by atoms with van der Waals surface area (Å²) in [5.74, 6) is -0.663. The lowest BCUT2D eigenvalue weighted by atomic mass is 10.1. The Balaban J connectivity index is 1.68. The van der Waals surface area contributed by atoms with Gasteiger partial charge in [0, 0.05) is 11.4 Å². The molecule has 5 heteroatoms. The number of ether oxygens (including phenoxy) is 1. The number of carbonyl (C=O) groups excluding carboxylic acids is 2. The molecular formula is C21H25NO3S. The lowest BCUT2D eigenvalue weighted by Gasteiger charge is -2.12. The number of aryl methyl sites for hydroxylation is 2. The number of thioether (sulfide) groups is 1. The van der Waals surface area contributed by atoms with Gasteiger partial charge in [0.1, 0.15) is 5.25 Å². The van der Waals surface area contributed by atoms with E-state index in [4.69, 9.17) is 4.74 Å². The fraction of sp³-hybridized carbons (Fsp3) is 0.333. The standard InChI is InChI=1S/C21H25NO3S/c1-15-8-10-19(11-9-15)26-17(3)21(24)25-14-20(23)22-13-12-18-7-5-4-6-16(18)2/h4-11,17H,12-14H2,1-3H3,(H,22,23)/t17-/m1/s1. The lowest BCUT2D eigenvalue weighted by Crippen LogP contribution is -2.31. The van der Waals surface area contributed by atoms with Crippen LogP contribution in [0.3, 0.4) is 0 Å². The van der Waals surface area contributed by atoms with Crippen molar-refractivity contribution in [1.82, 2.24) is 5.32 Å². The van der Waals surface area contributed by atoms with E-state index in [0.29, 0.717) is 6.54 Å². The highest BCUT2D eigenvalue weighted by molar-refractivity contribution is 8.00. The second-order valence-corrected chi connectivity index (χ2v) is 7.62. The highest BCUT2D eigenvalue weighted by atomic mass is 32.2. The number of rotatable bonds is 8. The molecule has 26 heavy (non-hydrogen) atoms. The molecule has 2 rings (SSSR count). The van der Waals surface area contributed by atoms with Crippen LogP contribution in [0.2, 0.25) is 0 Å². The normalized spacial score (nSPS) is 11.7. The molecule has 2 aromatic rings. The summed E-state index contributed by atoms with van der Waals surface area (Å²) in [6, 6.07) is 16.0. The van der Waals surface area contributed by atoms with Crippen molar-refractivity contribution in [3.05, 3.63) is 65.2 Å². The highest BCUT2D eigenvalue weighted by Gasteiger charge is 2.17. The first kappa shape index (κ1) is 20.0. The fourth-order valence-electron chi connectivity index (χ4n) is 2.40. The van der Waals surface area contributed by atoms with Crippen LogP contribution < -0.4 is 5.32 Å². The van der Waals surface area contributed by atoms with Gasteiger partial charge >= 0.3 is 5.97 Å². The quantitative estimate of drug-likeness (QED) is 0.568. The van der Waals surface area contributed by atoms with Crippen LogP contribution >= 0.6 is 11.8 Å². The summed E-state index contributed by atoms with van der Waals surface area (Å²) in [5, 5.41) is 2.42. The molecule has 138 valence electrons. The van der Waals surface area contributed by atoms with Gasteiger partial charge in [0.25, 0.3) is 5.91 Å². The summed E-state index contributed by atoms with van der Waals surface area (Å²) in [5.41, 5.74) is 3.58. The molecule has 0 radical (unpaired) electrons. The number of esters is 1. The molecule has 1 amide bonds. The molecule has 0 spiro atoms. The molecule has 0 aliphatic rings. The smallest absolute Gasteiger partial charge is 0.319 e. The summed E-state index contributed by atoms with van der Waals surface area (Å²) in [6.45, 7) is 6.12. The molecule has 2 aromatic carbocycles. The van der Waals surface area contributed by atoms with Crippen LogP contribution in [0, 0.1) is 13.8 Å². The molecular weight excluding hydrogens is 346 g/mol. The van der Waals surface area contributed by atoms with Crippen molar-refractivity contribution in [2.75, 3.05) is 13.2 Å². The Kier molecular flexibility index (Phi) is 7.73. The zero-order valence-corrected chi connectivity index (χ0v) is 16.3. The molecule has 0 fully saturated rings. The predicted octanol–water partition coefficient (Wildman–Crippen LogP) is 3.69. The maximum Gasteiger partial charge on any atom is 0.319 e. The third-order valence-corrected chi connectivity index (χ3v) is 5.08. The van der Waals surface area contributed by atoms with Crippen molar-refractivity contribution in [2.24, 2.45) is 0 Å². The van der Waals surface area contributed by atoms with Crippen molar-refractivity contribution < 1.29 is 14.3 Å². The molecule has 0 unspecified atom stereocenters. The monoisotopic (exact) mass is 371 g/mol. The summed E-state index contributed by atoms with van der Waals surface area (Å²) >= 11 is 1.42. The first-order valence-corrected chi connectivity index (χ1v) is 9.55. The molecule has 0 aliphatic heterocycles. The van der Waals surface area contributed by atoms with Crippen molar-refractivity contribution in [3.63, 3.8) is 0 Å². The first-order chi connectivity index (χ1) is 12.5. The Bertz CT molecular complexity index is 743. The van der Waals surface area contributed by atoms with Crippen LogP contribution in [0.15, 0.2) is 53.4 Å². The van der Waals surface area contributed by atoms with E-state index in [1.54, 1.807) is 6.92 Å². The minimum Gasteiger partial charge on any atom is -0.455 e. The molecule has 0 aromatic heterocycles. The fourth-order valence-corrected chi connectivity index (χ4v) is 3.27. The zero-order chi connectivity index (χ0) is 18.9. The predicted molar refractivity (Wildman–Crippen MR) is 105 cm³/mol. The van der Waals surface area contributed by atoms with Crippen LogP contribution in [0.5, 0.6) is 0 Å². The van der Waals surface area contributed by atoms with Crippen LogP contribution in [0.25, 0.3) is 0 Å². The Morgan fingerprint density at radius 2 is 1.77 bits per heavy atom. The zero-order valence-electron chi connectivity index (χ0n) is 15.5. The number of benzene rings is 2. The lowest BCUT2D eigenvalue weighted by molar-refractivity contribution is -0.147. The Labute approximate surface area is 159 Å². The molecule has 1 atom stereocenters. The summed E-state index contributed by atoms with van der Waals surface area (Å²) in [4.78, 5) is 24.9. The first-order valence-electron chi connectivity index (χ1n) is 8.67. The molecule has 0 aliphatic carbocycles. The minimum atomic E-state index is -0.385. The van der Waals surface area contributed by atoms with Gasteiger partial charge < -0.3 is 10.1 Å². The molecule has 0 heterocycles. The van der Waals surface area contributed by atoms with E-state index in [2.05, 4.69) is 5.32 Å². The van der Waals surface area contributed by atoms with Crippen LogP contribution in [0.4, 0.5) is 0 Å². The van der Waals surface area contributed by atoms with Crippen LogP contribution in [-0.2, 0) is 20.7 Å². The second-order valence-electron chi connectivity index (χ2n) is 6.21. The third-order valence-electron chi connectivity index (χ3n) is 3.99. The molecule has 0 saturated heterocycles. The number of hydrogen-bond acceptors (Lipinski definition) is 4. The molecule has 0 bridgehead atoms. The van der Waals surface area contributed by atoms with Crippen LogP contribution in [-0.4, -0.2) is 30.3 Å². The minimum absolute atomic E-state index is 0.245. The van der Waals surface area contributed by atoms with Gasteiger partial charge in [-0.3, -0.25) is 9.59 Å². The third kappa shape index (κ3) is 6.56. The SMILES string of the molecule is Cc1ccc(S[C@H](C)C(=O)OCC(=O)NCCc2ccccc2C)cc1. The maximum absolute atomic E-state index is 12.0. The van der Waals surface area contributed by atoms with Gasteiger partial charge in [-0.15, -0.1) is 11.8 Å². The van der Waals surface area contributed by atoms with Crippen molar-refractivity contribution in [3.8, 4) is 0 Å². The van der Waals surface area contributed by atoms with Gasteiger partial charge in [-0.25, -0.2) is 0 Å². The second kappa shape index (κ2) is 10.0. The van der Waals surface area contributed by atoms with Gasteiger partial charge in [-0.2, -0.15) is 0 Å². The molecule has 1 N–H and O–H groups in total. The van der Waals surface area contributed by atoms with E-state index >= 15 is 0 Å². The molecule has 4 nitrogen and oxygen atoms in total. The van der Waals surface area contributed by atoms with Gasteiger partial charge in [0.15, 0.2) is 6.61 Å². The summed E-state index contributed by atoms with van der Waals surface area (Å²) in [7, 11) is 0. The average Bonchev–Trinajstić information content (AvgIpc) is 2.63. The van der Waals surface area contributed by atoms with E-state index in [9.17, 15) is 9.59 Å². The average molecular weight is 372 g/mol. The van der Waals surface area contributed by atoms with E-state index in [1.165, 1.54) is 28.5 Å². The van der Waals surface area contributed by atoms with E-state index in [1.807, 2.05) is 62.4 Å². The summed E-state index contributed by atoms with van der Waals surface area (Å²) in [6.07, 6.45) is 0.756. The van der Waals surface area contributed by atoms with Gasteiger partial charge in [-0.05, 0) is 50.5 Å². The maximum atomic E-state index is 12.0. The van der Waals surface area contributed by atoms with E-state index in [-0.39, 0.29) is 23.7 Å². The highest BCUT2D eigenvalue weighted by Crippen LogP contribution is 2.24. The number of nitrogens with one attached hydrogen (secondary N) is 1.